The third kappa shape index (κ3) is 3.39. The number of sulfonamides is 1. The van der Waals surface area contributed by atoms with Crippen LogP contribution in [0, 0.1) is 13.8 Å². The number of nitrogens with zero attached hydrogens (tertiary/aromatic N) is 2. The molecule has 0 bridgehead atoms. The Kier molecular flexibility index (Phi) is 5.19. The van der Waals surface area contributed by atoms with Crippen molar-refractivity contribution in [2.24, 2.45) is 7.05 Å². The smallest absolute Gasteiger partial charge is 0.244 e. The highest BCUT2D eigenvalue weighted by atomic mass is 32.2. The quantitative estimate of drug-likeness (QED) is 0.860. The van der Waals surface area contributed by atoms with Crippen LogP contribution in [0.3, 0.4) is 0 Å². The van der Waals surface area contributed by atoms with Gasteiger partial charge in [0.15, 0.2) is 11.5 Å². The van der Waals surface area contributed by atoms with Gasteiger partial charge in [0, 0.05) is 13.1 Å². The number of aryl methyl sites for hydroxylation is 2. The van der Waals surface area contributed by atoms with Crippen LogP contribution in [0.15, 0.2) is 23.1 Å². The number of hydrogen-bond acceptors (Lipinski definition) is 5. The third-order valence-corrected chi connectivity index (χ3v) is 5.74. The Hall–Kier alpha value is -2.06. The topological polar surface area (TPSA) is 82.5 Å². The molecule has 2 aromatic rings. The summed E-state index contributed by atoms with van der Waals surface area (Å²) >= 11 is 0. The predicted octanol–water partition coefficient (Wildman–Crippen LogP) is 2.09. The molecule has 1 aromatic heterocycles. The fourth-order valence-electron chi connectivity index (χ4n) is 2.62. The van der Waals surface area contributed by atoms with E-state index in [-0.39, 0.29) is 4.90 Å². The van der Waals surface area contributed by atoms with Crippen molar-refractivity contribution >= 4 is 10.0 Å². The van der Waals surface area contributed by atoms with Crippen LogP contribution in [0.5, 0.6) is 11.5 Å². The van der Waals surface area contributed by atoms with Gasteiger partial charge in [-0.3, -0.25) is 4.68 Å². The fraction of sp³-hybridized carbons (Fsp3) is 0.438. The van der Waals surface area contributed by atoms with Gasteiger partial charge in [-0.05, 0) is 38.5 Å². The van der Waals surface area contributed by atoms with Crippen molar-refractivity contribution in [3.63, 3.8) is 0 Å². The van der Waals surface area contributed by atoms with E-state index in [1.807, 2.05) is 0 Å². The summed E-state index contributed by atoms with van der Waals surface area (Å²) < 4.78 is 40.2. The van der Waals surface area contributed by atoms with Gasteiger partial charge in [0.05, 0.1) is 25.6 Å². The maximum atomic E-state index is 12.7. The minimum absolute atomic E-state index is 0.220. The summed E-state index contributed by atoms with van der Waals surface area (Å²) in [5.74, 6) is 1.14. The fourth-order valence-corrected chi connectivity index (χ4v) is 4.30. The highest BCUT2D eigenvalue weighted by molar-refractivity contribution is 7.89. The normalized spacial score (nSPS) is 12.9. The summed E-state index contributed by atoms with van der Waals surface area (Å²) in [6.45, 7) is 5.19. The SMILES string of the molecule is COc1ccc(C(C)NS(=O)(=O)c2c(C)nn(C)c2C)cc1OC. The number of methoxy groups -OCH3 is 2. The molecular weight excluding hydrogens is 330 g/mol. The predicted molar refractivity (Wildman–Crippen MR) is 91.0 cm³/mol. The van der Waals surface area contributed by atoms with E-state index in [0.29, 0.717) is 22.9 Å². The number of benzene rings is 1. The third-order valence-electron chi connectivity index (χ3n) is 3.95. The van der Waals surface area contributed by atoms with Crippen LogP contribution in [0.25, 0.3) is 0 Å². The van der Waals surface area contributed by atoms with Crippen molar-refractivity contribution in [1.82, 2.24) is 14.5 Å². The highest BCUT2D eigenvalue weighted by Crippen LogP contribution is 2.30. The number of nitrogens with one attached hydrogen (secondary N) is 1. The van der Waals surface area contributed by atoms with E-state index in [1.165, 1.54) is 0 Å². The second kappa shape index (κ2) is 6.82. The van der Waals surface area contributed by atoms with Gasteiger partial charge >= 0.3 is 0 Å². The van der Waals surface area contributed by atoms with E-state index in [1.54, 1.807) is 64.9 Å². The van der Waals surface area contributed by atoms with Crippen molar-refractivity contribution < 1.29 is 17.9 Å². The van der Waals surface area contributed by atoms with E-state index in [2.05, 4.69) is 9.82 Å². The summed E-state index contributed by atoms with van der Waals surface area (Å²) in [6.07, 6.45) is 0. The van der Waals surface area contributed by atoms with Crippen LogP contribution in [0.2, 0.25) is 0 Å². The molecule has 0 aliphatic rings. The average Bonchev–Trinajstić information content (AvgIpc) is 2.79. The van der Waals surface area contributed by atoms with E-state index >= 15 is 0 Å². The molecule has 1 atom stereocenters. The van der Waals surface area contributed by atoms with Gasteiger partial charge in [-0.25, -0.2) is 13.1 Å². The largest absolute Gasteiger partial charge is 0.493 e. The lowest BCUT2D eigenvalue weighted by Gasteiger charge is -2.17. The minimum atomic E-state index is -3.69. The molecule has 0 aliphatic heterocycles. The first-order chi connectivity index (χ1) is 11.2. The molecule has 0 saturated carbocycles. The van der Waals surface area contributed by atoms with Crippen LogP contribution in [0.4, 0.5) is 0 Å². The van der Waals surface area contributed by atoms with E-state index in [4.69, 9.17) is 9.47 Å². The maximum absolute atomic E-state index is 12.7. The first-order valence-electron chi connectivity index (χ1n) is 7.45. The summed E-state index contributed by atoms with van der Waals surface area (Å²) in [5, 5.41) is 4.17. The van der Waals surface area contributed by atoms with Gasteiger partial charge in [0.2, 0.25) is 10.0 Å². The number of hydrogen-bond donors (Lipinski definition) is 1. The summed E-state index contributed by atoms with van der Waals surface area (Å²) in [7, 11) is 1.13. The molecule has 132 valence electrons. The first kappa shape index (κ1) is 18.3. The van der Waals surface area contributed by atoms with Crippen molar-refractivity contribution in [3.8, 4) is 11.5 Å². The monoisotopic (exact) mass is 353 g/mol. The Labute approximate surface area is 142 Å². The molecular formula is C16H23N3O4S. The molecule has 1 aromatic carbocycles. The van der Waals surface area contributed by atoms with Gasteiger partial charge in [0.1, 0.15) is 4.90 Å². The van der Waals surface area contributed by atoms with E-state index in [0.717, 1.165) is 5.56 Å². The van der Waals surface area contributed by atoms with Crippen molar-refractivity contribution in [2.45, 2.75) is 31.7 Å². The van der Waals surface area contributed by atoms with Gasteiger partial charge < -0.3 is 9.47 Å². The van der Waals surface area contributed by atoms with Gasteiger partial charge in [0.25, 0.3) is 0 Å². The van der Waals surface area contributed by atoms with Crippen LogP contribution >= 0.6 is 0 Å². The molecule has 1 N–H and O–H groups in total. The molecule has 0 radical (unpaired) electrons. The number of ether oxygens (including phenoxy) is 2. The van der Waals surface area contributed by atoms with Crippen molar-refractivity contribution in [2.75, 3.05) is 14.2 Å². The van der Waals surface area contributed by atoms with Crippen molar-refractivity contribution in [3.05, 3.63) is 35.2 Å². The molecule has 1 heterocycles. The summed E-state index contributed by atoms with van der Waals surface area (Å²) in [5.41, 5.74) is 1.84. The molecule has 1 unspecified atom stereocenters. The lowest BCUT2D eigenvalue weighted by Crippen LogP contribution is -2.27. The molecule has 2 rings (SSSR count). The van der Waals surface area contributed by atoms with E-state index in [9.17, 15) is 8.42 Å². The molecule has 0 fully saturated rings. The zero-order valence-corrected chi connectivity index (χ0v) is 15.6. The maximum Gasteiger partial charge on any atom is 0.244 e. The van der Waals surface area contributed by atoms with Gasteiger partial charge in [-0.15, -0.1) is 0 Å². The standard InChI is InChI=1S/C16H23N3O4S/c1-10(13-7-8-14(22-5)15(9-13)23-6)18-24(20,21)16-11(2)17-19(4)12(16)3/h7-10,18H,1-6H3. The van der Waals surface area contributed by atoms with Crippen LogP contribution in [0.1, 0.15) is 29.9 Å². The number of rotatable bonds is 6. The van der Waals surface area contributed by atoms with Crippen LogP contribution in [-0.2, 0) is 17.1 Å². The first-order valence-corrected chi connectivity index (χ1v) is 8.94. The highest BCUT2D eigenvalue weighted by Gasteiger charge is 2.26. The molecule has 8 heteroatoms. The summed E-state index contributed by atoms with van der Waals surface area (Å²) in [4.78, 5) is 0.220. The minimum Gasteiger partial charge on any atom is -0.493 e. The zero-order chi connectivity index (χ0) is 18.1. The lowest BCUT2D eigenvalue weighted by atomic mass is 10.1. The second-order valence-corrected chi connectivity index (χ2v) is 7.23. The van der Waals surface area contributed by atoms with Crippen molar-refractivity contribution in [1.29, 1.82) is 0 Å². The van der Waals surface area contributed by atoms with Crippen LogP contribution in [-0.4, -0.2) is 32.4 Å². The van der Waals surface area contributed by atoms with Gasteiger partial charge in [-0.1, -0.05) is 6.07 Å². The molecule has 24 heavy (non-hydrogen) atoms. The Morgan fingerprint density at radius 2 is 1.79 bits per heavy atom. The van der Waals surface area contributed by atoms with Crippen LogP contribution < -0.4 is 14.2 Å². The molecule has 0 aliphatic carbocycles. The molecule has 0 spiro atoms. The van der Waals surface area contributed by atoms with Gasteiger partial charge in [-0.2, -0.15) is 5.10 Å². The van der Waals surface area contributed by atoms with E-state index < -0.39 is 16.1 Å². The Balaban J connectivity index is 2.33. The number of aromatic nitrogens is 2. The zero-order valence-electron chi connectivity index (χ0n) is 14.7. The Bertz CT molecular complexity index is 843. The Morgan fingerprint density at radius 3 is 2.29 bits per heavy atom. The second-order valence-electron chi connectivity index (χ2n) is 5.58. The molecule has 0 amide bonds. The molecule has 7 nitrogen and oxygen atoms in total. The molecule has 0 saturated heterocycles. The average molecular weight is 353 g/mol. The summed E-state index contributed by atoms with van der Waals surface area (Å²) in [6, 6.07) is 4.88. The lowest BCUT2D eigenvalue weighted by molar-refractivity contribution is 0.354. The Morgan fingerprint density at radius 1 is 1.17 bits per heavy atom.